The maximum atomic E-state index is 11.5. The Hall–Kier alpha value is -1.35. The van der Waals surface area contributed by atoms with E-state index in [1.54, 1.807) is 0 Å². The van der Waals surface area contributed by atoms with Crippen LogP contribution in [0.25, 0.3) is 0 Å². The number of amides is 1. The monoisotopic (exact) mass is 246 g/mol. The topological polar surface area (TPSA) is 55.1 Å². The van der Waals surface area contributed by atoms with Crippen molar-refractivity contribution in [2.24, 2.45) is 11.7 Å². The van der Waals surface area contributed by atoms with Crippen molar-refractivity contribution in [1.29, 1.82) is 0 Å². The summed E-state index contributed by atoms with van der Waals surface area (Å²) in [7, 11) is 0. The Morgan fingerprint density at radius 3 is 2.39 bits per heavy atom. The molecule has 1 unspecified atom stereocenters. The molecule has 1 fully saturated rings. The standard InChI is InChI=1S/C15H22N2O/c1-10(2)9-11-3-5-12(6-4-11)14(15(16)18)17-13-7-8-13/h3-6,10,13-14,17H,7-9H2,1-2H3,(H2,16,18). The smallest absolute Gasteiger partial charge is 0.239 e. The summed E-state index contributed by atoms with van der Waals surface area (Å²) in [5.41, 5.74) is 7.74. The molecule has 1 amide bonds. The molecular formula is C15H22N2O. The number of carbonyl (C=O) groups excluding carboxylic acids is 1. The van der Waals surface area contributed by atoms with Crippen LogP contribution in [0.4, 0.5) is 0 Å². The molecule has 1 aromatic rings. The second-order valence-electron chi connectivity index (χ2n) is 5.62. The number of primary amides is 1. The highest BCUT2D eigenvalue weighted by atomic mass is 16.1. The van der Waals surface area contributed by atoms with Crippen LogP contribution in [0, 0.1) is 5.92 Å². The minimum Gasteiger partial charge on any atom is -0.368 e. The van der Waals surface area contributed by atoms with E-state index in [1.807, 2.05) is 12.1 Å². The normalized spacial score (nSPS) is 16.8. The Balaban J connectivity index is 2.07. The lowest BCUT2D eigenvalue weighted by Crippen LogP contribution is -2.34. The van der Waals surface area contributed by atoms with E-state index < -0.39 is 0 Å². The highest BCUT2D eigenvalue weighted by Gasteiger charge is 2.28. The van der Waals surface area contributed by atoms with E-state index >= 15 is 0 Å². The van der Waals surface area contributed by atoms with E-state index in [-0.39, 0.29) is 11.9 Å². The summed E-state index contributed by atoms with van der Waals surface area (Å²) in [6.07, 6.45) is 3.36. The first-order valence-corrected chi connectivity index (χ1v) is 6.70. The molecule has 3 heteroatoms. The molecule has 0 aliphatic heterocycles. The molecule has 0 spiro atoms. The second-order valence-corrected chi connectivity index (χ2v) is 5.62. The number of nitrogens with one attached hydrogen (secondary N) is 1. The molecular weight excluding hydrogens is 224 g/mol. The predicted octanol–water partition coefficient (Wildman–Crippen LogP) is 2.16. The zero-order valence-electron chi connectivity index (χ0n) is 11.1. The van der Waals surface area contributed by atoms with Gasteiger partial charge in [-0.1, -0.05) is 38.1 Å². The third-order valence-electron chi connectivity index (χ3n) is 3.22. The van der Waals surface area contributed by atoms with E-state index in [0.717, 1.165) is 24.8 Å². The SMILES string of the molecule is CC(C)Cc1ccc(C(NC2CC2)C(N)=O)cc1. The summed E-state index contributed by atoms with van der Waals surface area (Å²) >= 11 is 0. The lowest BCUT2D eigenvalue weighted by Gasteiger charge is -2.16. The van der Waals surface area contributed by atoms with E-state index in [2.05, 4.69) is 31.3 Å². The third kappa shape index (κ3) is 3.57. The fourth-order valence-electron chi connectivity index (χ4n) is 2.15. The van der Waals surface area contributed by atoms with Crippen molar-refractivity contribution in [3.8, 4) is 0 Å². The van der Waals surface area contributed by atoms with Crippen LogP contribution in [-0.4, -0.2) is 11.9 Å². The molecule has 18 heavy (non-hydrogen) atoms. The van der Waals surface area contributed by atoms with E-state index in [1.165, 1.54) is 5.56 Å². The molecule has 3 nitrogen and oxygen atoms in total. The molecule has 0 radical (unpaired) electrons. The fraction of sp³-hybridized carbons (Fsp3) is 0.533. The number of rotatable bonds is 6. The molecule has 1 aromatic carbocycles. The minimum absolute atomic E-state index is 0.293. The minimum atomic E-state index is -0.342. The van der Waals surface area contributed by atoms with Gasteiger partial charge in [0.25, 0.3) is 0 Å². The van der Waals surface area contributed by atoms with Crippen LogP contribution in [0.5, 0.6) is 0 Å². The number of hydrogen-bond acceptors (Lipinski definition) is 2. The molecule has 1 saturated carbocycles. The average Bonchev–Trinajstić information content (AvgIpc) is 3.10. The van der Waals surface area contributed by atoms with E-state index in [0.29, 0.717) is 12.0 Å². The van der Waals surface area contributed by atoms with Crippen LogP contribution in [-0.2, 0) is 11.2 Å². The highest BCUT2D eigenvalue weighted by molar-refractivity contribution is 5.81. The number of benzene rings is 1. The molecule has 0 heterocycles. The van der Waals surface area contributed by atoms with Crippen molar-refractivity contribution < 1.29 is 4.79 Å². The summed E-state index contributed by atoms with van der Waals surface area (Å²) < 4.78 is 0. The van der Waals surface area contributed by atoms with Gasteiger partial charge in [0.2, 0.25) is 5.91 Å². The number of nitrogens with two attached hydrogens (primary N) is 1. The molecule has 3 N–H and O–H groups in total. The maximum Gasteiger partial charge on any atom is 0.239 e. The zero-order valence-corrected chi connectivity index (χ0v) is 11.1. The van der Waals surface area contributed by atoms with Crippen molar-refractivity contribution in [3.05, 3.63) is 35.4 Å². The van der Waals surface area contributed by atoms with Gasteiger partial charge in [0, 0.05) is 6.04 Å². The van der Waals surface area contributed by atoms with Gasteiger partial charge in [0.15, 0.2) is 0 Å². The summed E-state index contributed by atoms with van der Waals surface area (Å²) in [5, 5.41) is 3.29. The highest BCUT2D eigenvalue weighted by Crippen LogP contribution is 2.24. The Morgan fingerprint density at radius 2 is 1.94 bits per heavy atom. The fourth-order valence-corrected chi connectivity index (χ4v) is 2.15. The van der Waals surface area contributed by atoms with Gasteiger partial charge in [-0.15, -0.1) is 0 Å². The molecule has 1 aliphatic carbocycles. The van der Waals surface area contributed by atoms with Crippen molar-refractivity contribution in [2.75, 3.05) is 0 Å². The Kier molecular flexibility index (Phi) is 4.02. The van der Waals surface area contributed by atoms with Gasteiger partial charge in [-0.25, -0.2) is 0 Å². The lowest BCUT2D eigenvalue weighted by molar-refractivity contribution is -0.120. The van der Waals surface area contributed by atoms with E-state index in [9.17, 15) is 4.79 Å². The van der Waals surface area contributed by atoms with Crippen molar-refractivity contribution in [2.45, 2.75) is 45.2 Å². The van der Waals surface area contributed by atoms with Gasteiger partial charge in [-0.3, -0.25) is 10.1 Å². The second kappa shape index (κ2) is 5.53. The van der Waals surface area contributed by atoms with Crippen LogP contribution >= 0.6 is 0 Å². The van der Waals surface area contributed by atoms with Gasteiger partial charge in [0.05, 0.1) is 0 Å². The van der Waals surface area contributed by atoms with Crippen LogP contribution in [0.15, 0.2) is 24.3 Å². The molecule has 98 valence electrons. The Labute approximate surface area is 109 Å². The first-order chi connectivity index (χ1) is 8.56. The van der Waals surface area contributed by atoms with Crippen molar-refractivity contribution in [3.63, 3.8) is 0 Å². The molecule has 1 atom stereocenters. The predicted molar refractivity (Wildman–Crippen MR) is 73.1 cm³/mol. The molecule has 2 rings (SSSR count). The average molecular weight is 246 g/mol. The van der Waals surface area contributed by atoms with Crippen molar-refractivity contribution >= 4 is 5.91 Å². The van der Waals surface area contributed by atoms with Crippen LogP contribution in [0.3, 0.4) is 0 Å². The summed E-state index contributed by atoms with van der Waals surface area (Å²) in [6.45, 7) is 4.41. The summed E-state index contributed by atoms with van der Waals surface area (Å²) in [6, 6.07) is 8.36. The molecule has 0 bridgehead atoms. The Morgan fingerprint density at radius 1 is 1.33 bits per heavy atom. The third-order valence-corrected chi connectivity index (χ3v) is 3.22. The van der Waals surface area contributed by atoms with Crippen LogP contribution in [0.2, 0.25) is 0 Å². The van der Waals surface area contributed by atoms with Gasteiger partial charge < -0.3 is 5.73 Å². The number of hydrogen-bond donors (Lipinski definition) is 2. The molecule has 1 aliphatic rings. The zero-order chi connectivity index (χ0) is 13.1. The first-order valence-electron chi connectivity index (χ1n) is 6.70. The van der Waals surface area contributed by atoms with Crippen LogP contribution < -0.4 is 11.1 Å². The van der Waals surface area contributed by atoms with Gasteiger partial charge in [0.1, 0.15) is 6.04 Å². The molecule has 0 saturated heterocycles. The Bertz CT molecular complexity index is 407. The van der Waals surface area contributed by atoms with Crippen LogP contribution in [0.1, 0.15) is 43.9 Å². The van der Waals surface area contributed by atoms with Gasteiger partial charge in [-0.05, 0) is 36.3 Å². The van der Waals surface area contributed by atoms with E-state index in [4.69, 9.17) is 5.73 Å². The largest absolute Gasteiger partial charge is 0.368 e. The quantitative estimate of drug-likeness (QED) is 0.808. The summed E-state index contributed by atoms with van der Waals surface area (Å²) in [5.74, 6) is 0.353. The number of carbonyl (C=O) groups is 1. The summed E-state index contributed by atoms with van der Waals surface area (Å²) in [4.78, 5) is 11.5. The van der Waals surface area contributed by atoms with Gasteiger partial charge in [-0.2, -0.15) is 0 Å². The first kappa shape index (κ1) is 13.1. The maximum absolute atomic E-state index is 11.5. The lowest BCUT2D eigenvalue weighted by atomic mass is 9.99. The van der Waals surface area contributed by atoms with Crippen molar-refractivity contribution in [1.82, 2.24) is 5.32 Å². The van der Waals surface area contributed by atoms with Gasteiger partial charge >= 0.3 is 0 Å². The molecule has 0 aromatic heterocycles.